The highest BCUT2D eigenvalue weighted by atomic mass is 16.4. The molecule has 0 aliphatic heterocycles. The number of benzene rings is 1. The molecule has 0 saturated carbocycles. The lowest BCUT2D eigenvalue weighted by Crippen LogP contribution is -2.28. The van der Waals surface area contributed by atoms with Crippen LogP contribution in [0.2, 0.25) is 0 Å². The number of rotatable bonds is 5. The van der Waals surface area contributed by atoms with Gasteiger partial charge in [-0.1, -0.05) is 44.9 Å². The largest absolute Gasteiger partial charge is 0.478 e. The van der Waals surface area contributed by atoms with Gasteiger partial charge < -0.3 is 10.2 Å². The normalized spacial score (nSPS) is 12.3. The van der Waals surface area contributed by atoms with E-state index in [1.807, 2.05) is 13.8 Å². The lowest BCUT2D eigenvalue weighted by Gasteiger charge is -2.25. The molecule has 0 aromatic heterocycles. The molecule has 3 nitrogen and oxygen atoms in total. The first-order chi connectivity index (χ1) is 8.79. The number of carboxylic acid groups (broad SMARTS) is 1. The summed E-state index contributed by atoms with van der Waals surface area (Å²) in [7, 11) is 0. The van der Waals surface area contributed by atoms with Gasteiger partial charge in [-0.2, -0.15) is 0 Å². The van der Waals surface area contributed by atoms with E-state index in [0.29, 0.717) is 11.5 Å². The van der Waals surface area contributed by atoms with Crippen molar-refractivity contribution >= 4 is 5.97 Å². The Morgan fingerprint density at radius 2 is 1.79 bits per heavy atom. The Hall–Kier alpha value is -1.35. The van der Waals surface area contributed by atoms with Crippen molar-refractivity contribution < 1.29 is 15.0 Å². The average Bonchev–Trinajstić information content (AvgIpc) is 2.36. The van der Waals surface area contributed by atoms with Crippen molar-refractivity contribution in [3.05, 3.63) is 35.9 Å². The van der Waals surface area contributed by atoms with Crippen LogP contribution >= 0.6 is 0 Å². The summed E-state index contributed by atoms with van der Waals surface area (Å²) < 4.78 is 0. The van der Waals surface area contributed by atoms with Gasteiger partial charge in [0.25, 0.3) is 0 Å². The minimum atomic E-state index is -0.879. The molecule has 1 atom stereocenters. The molecule has 0 bridgehead atoms. The molecular formula is C16H26O3. The third kappa shape index (κ3) is 8.38. The third-order valence-electron chi connectivity index (χ3n) is 3.22. The van der Waals surface area contributed by atoms with Crippen LogP contribution in [0.25, 0.3) is 0 Å². The molecule has 0 amide bonds. The van der Waals surface area contributed by atoms with Crippen LogP contribution < -0.4 is 0 Å². The van der Waals surface area contributed by atoms with Crippen molar-refractivity contribution in [1.29, 1.82) is 0 Å². The molecular weight excluding hydrogens is 240 g/mol. The number of unbranched alkanes of at least 4 members (excludes halogenated alkanes) is 1. The molecule has 0 radical (unpaired) electrons. The Bertz CT molecular complexity index is 352. The Balaban J connectivity index is 0.000000342. The van der Waals surface area contributed by atoms with Gasteiger partial charge in [0, 0.05) is 0 Å². The Morgan fingerprint density at radius 3 is 2.11 bits per heavy atom. The van der Waals surface area contributed by atoms with Crippen molar-refractivity contribution in [1.82, 2.24) is 0 Å². The minimum Gasteiger partial charge on any atom is -0.478 e. The van der Waals surface area contributed by atoms with Gasteiger partial charge in [-0.15, -0.1) is 0 Å². The summed E-state index contributed by atoms with van der Waals surface area (Å²) in [6.45, 7) is 8.05. The summed E-state index contributed by atoms with van der Waals surface area (Å²) in [5, 5.41) is 17.9. The highest BCUT2D eigenvalue weighted by Gasteiger charge is 2.20. The van der Waals surface area contributed by atoms with Crippen molar-refractivity contribution in [3.63, 3.8) is 0 Å². The van der Waals surface area contributed by atoms with Crippen molar-refractivity contribution in [3.8, 4) is 0 Å². The molecule has 0 fully saturated rings. The summed E-state index contributed by atoms with van der Waals surface area (Å²) in [6.07, 6.45) is 3.59. The standard InChI is InChI=1S/C9H20O.C7H6O2/c1-5-6-7-8(2)9(3,4)10;8-7(9)6-4-2-1-3-5-6/h8,10H,5-7H2,1-4H3;1-5H,(H,8,9). The fourth-order valence-electron chi connectivity index (χ4n) is 1.44. The lowest BCUT2D eigenvalue weighted by molar-refractivity contribution is 0.0205. The van der Waals surface area contributed by atoms with E-state index in [-0.39, 0.29) is 0 Å². The van der Waals surface area contributed by atoms with E-state index < -0.39 is 11.6 Å². The molecule has 0 spiro atoms. The first kappa shape index (κ1) is 17.6. The molecule has 0 aliphatic carbocycles. The SMILES string of the molecule is CCCCC(C)C(C)(C)O.O=C(O)c1ccccc1. The molecule has 0 aliphatic rings. The maximum absolute atomic E-state index is 10.2. The van der Waals surface area contributed by atoms with Crippen LogP contribution in [-0.4, -0.2) is 21.8 Å². The number of hydrogen-bond acceptors (Lipinski definition) is 2. The van der Waals surface area contributed by atoms with Crippen LogP contribution in [0.3, 0.4) is 0 Å². The van der Waals surface area contributed by atoms with E-state index in [1.54, 1.807) is 30.3 Å². The van der Waals surface area contributed by atoms with Gasteiger partial charge in [-0.3, -0.25) is 0 Å². The molecule has 19 heavy (non-hydrogen) atoms. The summed E-state index contributed by atoms with van der Waals surface area (Å²) in [5.41, 5.74) is -0.160. The lowest BCUT2D eigenvalue weighted by atomic mass is 9.89. The Labute approximate surface area is 116 Å². The van der Waals surface area contributed by atoms with Gasteiger partial charge in [0.05, 0.1) is 11.2 Å². The van der Waals surface area contributed by atoms with Crippen molar-refractivity contribution in [2.75, 3.05) is 0 Å². The third-order valence-corrected chi connectivity index (χ3v) is 3.22. The molecule has 2 N–H and O–H groups in total. The molecule has 1 unspecified atom stereocenters. The highest BCUT2D eigenvalue weighted by molar-refractivity contribution is 5.87. The van der Waals surface area contributed by atoms with Crippen molar-refractivity contribution in [2.24, 2.45) is 5.92 Å². The number of hydrogen-bond donors (Lipinski definition) is 2. The van der Waals surface area contributed by atoms with E-state index in [0.717, 1.165) is 6.42 Å². The van der Waals surface area contributed by atoms with Gasteiger partial charge >= 0.3 is 5.97 Å². The second-order valence-corrected chi connectivity index (χ2v) is 5.37. The first-order valence-electron chi connectivity index (χ1n) is 6.79. The molecule has 1 aromatic carbocycles. The van der Waals surface area contributed by atoms with E-state index in [4.69, 9.17) is 5.11 Å². The van der Waals surface area contributed by atoms with Crippen LogP contribution in [0, 0.1) is 5.92 Å². The molecule has 3 heteroatoms. The van der Waals surface area contributed by atoms with Gasteiger partial charge in [0.1, 0.15) is 0 Å². The predicted molar refractivity (Wildman–Crippen MR) is 78.4 cm³/mol. The quantitative estimate of drug-likeness (QED) is 0.847. The zero-order chi connectivity index (χ0) is 14.9. The maximum atomic E-state index is 10.2. The topological polar surface area (TPSA) is 57.5 Å². The number of carbonyl (C=O) groups is 1. The summed E-state index contributed by atoms with van der Waals surface area (Å²) >= 11 is 0. The minimum absolute atomic E-state index is 0.331. The van der Waals surface area contributed by atoms with E-state index >= 15 is 0 Å². The fraction of sp³-hybridized carbons (Fsp3) is 0.562. The fourth-order valence-corrected chi connectivity index (χ4v) is 1.44. The molecule has 1 aromatic rings. The summed E-state index contributed by atoms with van der Waals surface area (Å²) in [6, 6.07) is 8.30. The monoisotopic (exact) mass is 266 g/mol. The smallest absolute Gasteiger partial charge is 0.335 e. The van der Waals surface area contributed by atoms with Crippen LogP contribution in [0.4, 0.5) is 0 Å². The van der Waals surface area contributed by atoms with Crippen LogP contribution in [0.5, 0.6) is 0 Å². The zero-order valence-electron chi connectivity index (χ0n) is 12.4. The van der Waals surface area contributed by atoms with Crippen molar-refractivity contribution in [2.45, 2.75) is 52.6 Å². The molecule has 0 saturated heterocycles. The Morgan fingerprint density at radius 1 is 1.26 bits per heavy atom. The second-order valence-electron chi connectivity index (χ2n) is 5.37. The summed E-state index contributed by atoms with van der Waals surface area (Å²) in [4.78, 5) is 10.2. The van der Waals surface area contributed by atoms with Crippen LogP contribution in [0.1, 0.15) is 57.3 Å². The molecule has 108 valence electrons. The van der Waals surface area contributed by atoms with Gasteiger partial charge in [0.2, 0.25) is 0 Å². The predicted octanol–water partition coefficient (Wildman–Crippen LogP) is 3.97. The van der Waals surface area contributed by atoms with Crippen LogP contribution in [0.15, 0.2) is 30.3 Å². The highest BCUT2D eigenvalue weighted by Crippen LogP contribution is 2.20. The van der Waals surface area contributed by atoms with E-state index in [9.17, 15) is 9.90 Å². The molecule has 0 heterocycles. The van der Waals surface area contributed by atoms with Gasteiger partial charge in [-0.05, 0) is 38.3 Å². The number of aliphatic hydroxyl groups is 1. The van der Waals surface area contributed by atoms with Crippen LogP contribution in [-0.2, 0) is 0 Å². The maximum Gasteiger partial charge on any atom is 0.335 e. The van der Waals surface area contributed by atoms with Gasteiger partial charge in [0.15, 0.2) is 0 Å². The molecule has 1 rings (SSSR count). The van der Waals surface area contributed by atoms with Gasteiger partial charge in [-0.25, -0.2) is 4.79 Å². The first-order valence-corrected chi connectivity index (χ1v) is 6.79. The zero-order valence-corrected chi connectivity index (χ0v) is 12.4. The average molecular weight is 266 g/mol. The number of aromatic carboxylic acids is 1. The second kappa shape index (κ2) is 8.70. The van der Waals surface area contributed by atoms with E-state index in [1.165, 1.54) is 12.8 Å². The van der Waals surface area contributed by atoms with E-state index in [2.05, 4.69) is 13.8 Å². The summed E-state index contributed by atoms with van der Waals surface area (Å²) in [5.74, 6) is -0.456. The number of carboxylic acids is 1. The Kier molecular flexibility index (Phi) is 8.08.